The Morgan fingerprint density at radius 2 is 1.96 bits per heavy atom. The van der Waals surface area contributed by atoms with Crippen LogP contribution in [0.15, 0.2) is 28.8 Å². The van der Waals surface area contributed by atoms with E-state index in [1.165, 1.54) is 0 Å². The van der Waals surface area contributed by atoms with Crippen LogP contribution in [0.2, 0.25) is 0 Å². The van der Waals surface area contributed by atoms with Gasteiger partial charge in [-0.1, -0.05) is 36.3 Å². The number of hydrogen-bond acceptors (Lipinski definition) is 4. The largest absolute Gasteiger partial charge is 0.471 e. The Labute approximate surface area is 149 Å². The van der Waals surface area contributed by atoms with Crippen LogP contribution < -0.4 is 0 Å². The third-order valence-corrected chi connectivity index (χ3v) is 4.26. The van der Waals surface area contributed by atoms with Crippen molar-refractivity contribution in [2.24, 2.45) is 5.92 Å². The molecule has 0 atom stereocenters. The van der Waals surface area contributed by atoms with E-state index >= 15 is 0 Å². The molecular weight excluding hydrogens is 347 g/mol. The topological polar surface area (TPSA) is 59.2 Å². The summed E-state index contributed by atoms with van der Waals surface area (Å²) in [7, 11) is 0. The third-order valence-electron chi connectivity index (χ3n) is 4.26. The second-order valence-electron chi connectivity index (χ2n) is 6.58. The van der Waals surface area contributed by atoms with Gasteiger partial charge in [-0.3, -0.25) is 4.79 Å². The Morgan fingerprint density at radius 1 is 1.27 bits per heavy atom. The lowest BCUT2D eigenvalue weighted by Crippen LogP contribution is -2.31. The number of benzene rings is 1. The highest BCUT2D eigenvalue weighted by Gasteiger charge is 2.38. The number of nitrogens with zero attached hydrogens (tertiary/aromatic N) is 3. The summed E-state index contributed by atoms with van der Waals surface area (Å²) in [6, 6.07) is 6.81. The Hall–Kier alpha value is -2.38. The molecule has 0 radical (unpaired) electrons. The lowest BCUT2D eigenvalue weighted by molar-refractivity contribution is -0.159. The maximum absolute atomic E-state index is 12.5. The van der Waals surface area contributed by atoms with Gasteiger partial charge >= 0.3 is 12.1 Å². The van der Waals surface area contributed by atoms with E-state index < -0.39 is 12.1 Å². The van der Waals surface area contributed by atoms with Crippen molar-refractivity contribution in [3.05, 3.63) is 35.7 Å². The van der Waals surface area contributed by atoms with E-state index in [2.05, 4.69) is 14.7 Å². The zero-order chi connectivity index (χ0) is 18.7. The molecular formula is C18H20F3N3O2. The number of alkyl halides is 3. The van der Waals surface area contributed by atoms with Gasteiger partial charge in [-0.25, -0.2) is 0 Å². The summed E-state index contributed by atoms with van der Waals surface area (Å²) < 4.78 is 41.8. The zero-order valence-electron chi connectivity index (χ0n) is 14.4. The molecule has 5 nitrogen and oxygen atoms in total. The van der Waals surface area contributed by atoms with Gasteiger partial charge in [0.25, 0.3) is 0 Å². The minimum absolute atomic E-state index is 0.112. The van der Waals surface area contributed by atoms with Crippen LogP contribution in [-0.4, -0.2) is 27.5 Å². The predicted molar refractivity (Wildman–Crippen MR) is 87.8 cm³/mol. The number of amides is 1. The number of rotatable bonds is 7. The smallest absolute Gasteiger partial charge is 0.338 e. The summed E-state index contributed by atoms with van der Waals surface area (Å²) in [4.78, 5) is 17.6. The van der Waals surface area contributed by atoms with Crippen molar-refractivity contribution in [1.29, 1.82) is 0 Å². The van der Waals surface area contributed by atoms with Crippen LogP contribution in [0.25, 0.3) is 11.4 Å². The molecule has 0 unspecified atom stereocenters. The molecule has 8 heteroatoms. The first-order valence-electron chi connectivity index (χ1n) is 8.64. The highest BCUT2D eigenvalue weighted by atomic mass is 19.4. The monoisotopic (exact) mass is 367 g/mol. The van der Waals surface area contributed by atoms with E-state index in [4.69, 9.17) is 0 Å². The summed E-state index contributed by atoms with van der Waals surface area (Å²) in [5.74, 6) is -0.785. The van der Waals surface area contributed by atoms with Crippen LogP contribution >= 0.6 is 0 Å². The molecule has 1 aromatic heterocycles. The van der Waals surface area contributed by atoms with Crippen molar-refractivity contribution >= 4 is 5.91 Å². The van der Waals surface area contributed by atoms with E-state index in [1.54, 1.807) is 24.3 Å². The van der Waals surface area contributed by atoms with Crippen LogP contribution in [0, 0.1) is 5.92 Å². The average Bonchev–Trinajstić information content (AvgIpc) is 3.25. The van der Waals surface area contributed by atoms with E-state index in [0.29, 0.717) is 31.0 Å². The van der Waals surface area contributed by atoms with E-state index in [1.807, 2.05) is 11.8 Å². The first-order valence-corrected chi connectivity index (χ1v) is 8.64. The summed E-state index contributed by atoms with van der Waals surface area (Å²) in [5, 5.41) is 3.37. The van der Waals surface area contributed by atoms with Gasteiger partial charge in [0.2, 0.25) is 11.7 Å². The van der Waals surface area contributed by atoms with Crippen LogP contribution in [0.3, 0.4) is 0 Å². The number of halogens is 3. The van der Waals surface area contributed by atoms with Gasteiger partial charge in [-0.2, -0.15) is 18.2 Å². The fourth-order valence-corrected chi connectivity index (χ4v) is 2.70. The quantitative estimate of drug-likeness (QED) is 0.732. The molecule has 0 aliphatic heterocycles. The zero-order valence-corrected chi connectivity index (χ0v) is 14.4. The van der Waals surface area contributed by atoms with Crippen molar-refractivity contribution < 1.29 is 22.5 Å². The molecule has 0 saturated heterocycles. The second-order valence-corrected chi connectivity index (χ2v) is 6.58. The SMILES string of the molecule is CCCN(Cc1ccc(-c2noc(C(F)(F)F)n2)cc1)C(=O)CC1CC1. The lowest BCUT2D eigenvalue weighted by Gasteiger charge is -2.22. The fourth-order valence-electron chi connectivity index (χ4n) is 2.70. The molecule has 0 spiro atoms. The molecule has 1 heterocycles. The van der Waals surface area contributed by atoms with Crippen LogP contribution in [0.1, 0.15) is 44.1 Å². The van der Waals surface area contributed by atoms with Crippen LogP contribution in [-0.2, 0) is 17.5 Å². The molecule has 26 heavy (non-hydrogen) atoms. The molecule has 0 N–H and O–H groups in total. The molecule has 1 saturated carbocycles. The summed E-state index contributed by atoms with van der Waals surface area (Å²) in [6.07, 6.45) is -0.928. The Morgan fingerprint density at radius 3 is 2.50 bits per heavy atom. The van der Waals surface area contributed by atoms with Crippen molar-refractivity contribution in [3.63, 3.8) is 0 Å². The average molecular weight is 367 g/mol. The fraction of sp³-hybridized carbons (Fsp3) is 0.500. The Balaban J connectivity index is 1.67. The molecule has 1 fully saturated rings. The third kappa shape index (κ3) is 4.62. The van der Waals surface area contributed by atoms with Gasteiger partial charge in [-0.15, -0.1) is 0 Å². The molecule has 1 aliphatic rings. The van der Waals surface area contributed by atoms with Crippen LogP contribution in [0.5, 0.6) is 0 Å². The van der Waals surface area contributed by atoms with E-state index in [0.717, 1.165) is 24.8 Å². The van der Waals surface area contributed by atoms with Crippen molar-refractivity contribution in [3.8, 4) is 11.4 Å². The summed E-state index contributed by atoms with van der Waals surface area (Å²) in [6.45, 7) is 3.20. The van der Waals surface area contributed by atoms with Gasteiger partial charge in [-0.05, 0) is 30.7 Å². The summed E-state index contributed by atoms with van der Waals surface area (Å²) in [5.41, 5.74) is 1.34. The first-order chi connectivity index (χ1) is 12.4. The minimum Gasteiger partial charge on any atom is -0.338 e. The van der Waals surface area contributed by atoms with Gasteiger partial charge in [0.15, 0.2) is 0 Å². The Kier molecular flexibility index (Phi) is 5.29. The van der Waals surface area contributed by atoms with Gasteiger partial charge in [0, 0.05) is 25.1 Å². The minimum atomic E-state index is -4.66. The van der Waals surface area contributed by atoms with Gasteiger partial charge in [0.1, 0.15) is 0 Å². The molecule has 3 rings (SSSR count). The van der Waals surface area contributed by atoms with E-state index in [9.17, 15) is 18.0 Å². The highest BCUT2D eigenvalue weighted by molar-refractivity contribution is 5.76. The highest BCUT2D eigenvalue weighted by Crippen LogP contribution is 2.33. The second kappa shape index (κ2) is 7.47. The maximum Gasteiger partial charge on any atom is 0.471 e. The molecule has 0 bridgehead atoms. The predicted octanol–water partition coefficient (Wildman–Crippen LogP) is 4.29. The lowest BCUT2D eigenvalue weighted by atomic mass is 10.1. The van der Waals surface area contributed by atoms with Crippen LogP contribution in [0.4, 0.5) is 13.2 Å². The summed E-state index contributed by atoms with van der Waals surface area (Å²) >= 11 is 0. The molecule has 1 aromatic carbocycles. The number of carbonyl (C=O) groups excluding carboxylic acids is 1. The number of aromatic nitrogens is 2. The molecule has 1 amide bonds. The van der Waals surface area contributed by atoms with Crippen molar-refractivity contribution in [2.45, 2.75) is 45.3 Å². The molecule has 2 aromatic rings. The molecule has 1 aliphatic carbocycles. The Bertz CT molecular complexity index is 752. The maximum atomic E-state index is 12.5. The van der Waals surface area contributed by atoms with Crippen molar-refractivity contribution in [1.82, 2.24) is 15.0 Å². The molecule has 140 valence electrons. The number of carbonyl (C=O) groups is 1. The van der Waals surface area contributed by atoms with Gasteiger partial charge < -0.3 is 9.42 Å². The normalized spacial score (nSPS) is 14.5. The van der Waals surface area contributed by atoms with Crippen molar-refractivity contribution in [2.75, 3.05) is 6.54 Å². The van der Waals surface area contributed by atoms with Gasteiger partial charge in [0.05, 0.1) is 0 Å². The number of hydrogen-bond donors (Lipinski definition) is 0. The van der Waals surface area contributed by atoms with E-state index in [-0.39, 0.29) is 11.7 Å². The first kappa shape index (κ1) is 18.4. The standard InChI is InChI=1S/C18H20F3N3O2/c1-2-9-24(15(25)10-12-3-4-12)11-13-5-7-14(8-6-13)16-22-17(26-23-16)18(19,20)21/h5-8,12H,2-4,9-11H2,1H3.